The summed E-state index contributed by atoms with van der Waals surface area (Å²) in [6, 6.07) is 18.7. The second-order valence-electron chi connectivity index (χ2n) is 6.95. The summed E-state index contributed by atoms with van der Waals surface area (Å²) in [5, 5.41) is 4.21. The van der Waals surface area contributed by atoms with Gasteiger partial charge in [-0.15, -0.1) is 0 Å². The molecular weight excluding hydrogens is 354 g/mol. The van der Waals surface area contributed by atoms with E-state index in [2.05, 4.69) is 80.4 Å². The molecular formula is C21H23N5S. The van der Waals surface area contributed by atoms with E-state index in [1.165, 1.54) is 5.69 Å². The first-order valence-corrected chi connectivity index (χ1v) is 9.36. The zero-order valence-electron chi connectivity index (χ0n) is 15.7. The fourth-order valence-electron chi connectivity index (χ4n) is 3.63. The Bertz CT molecular complexity index is 933. The van der Waals surface area contributed by atoms with Crippen LogP contribution in [0.4, 0.5) is 11.4 Å². The predicted molar refractivity (Wildman–Crippen MR) is 114 cm³/mol. The van der Waals surface area contributed by atoms with E-state index in [0.29, 0.717) is 0 Å². The van der Waals surface area contributed by atoms with Crippen LogP contribution in [0.15, 0.2) is 67.0 Å². The van der Waals surface area contributed by atoms with E-state index in [9.17, 15) is 0 Å². The van der Waals surface area contributed by atoms with Gasteiger partial charge in [-0.25, -0.2) is 0 Å². The van der Waals surface area contributed by atoms with E-state index in [1.807, 2.05) is 32.4 Å². The van der Waals surface area contributed by atoms with Crippen molar-refractivity contribution in [3.05, 3.63) is 78.4 Å². The molecule has 3 heterocycles. The van der Waals surface area contributed by atoms with Crippen molar-refractivity contribution in [3.8, 4) is 0 Å². The zero-order valence-corrected chi connectivity index (χ0v) is 16.5. The van der Waals surface area contributed by atoms with Gasteiger partial charge in [0.25, 0.3) is 0 Å². The SMILES string of the molecule is CN(C)c1ccc(N2C(=S)N[C@H](c3ccccn3)[C@@H]2c2cccn2C)cc1. The summed E-state index contributed by atoms with van der Waals surface area (Å²) >= 11 is 5.75. The predicted octanol–water partition coefficient (Wildman–Crippen LogP) is 3.66. The lowest BCUT2D eigenvalue weighted by atomic mass is 10.0. The number of thiocarbonyl (C=S) groups is 1. The minimum atomic E-state index is -0.0131. The number of rotatable bonds is 4. The maximum absolute atomic E-state index is 5.75. The Morgan fingerprint density at radius 2 is 1.81 bits per heavy atom. The maximum Gasteiger partial charge on any atom is 0.174 e. The van der Waals surface area contributed by atoms with Gasteiger partial charge in [0.15, 0.2) is 5.11 Å². The summed E-state index contributed by atoms with van der Waals surface area (Å²) in [5.41, 5.74) is 4.41. The van der Waals surface area contributed by atoms with E-state index in [1.54, 1.807) is 0 Å². The van der Waals surface area contributed by atoms with Crippen LogP contribution in [0.1, 0.15) is 23.5 Å². The quantitative estimate of drug-likeness (QED) is 0.702. The van der Waals surface area contributed by atoms with Crippen molar-refractivity contribution in [3.63, 3.8) is 0 Å². The van der Waals surface area contributed by atoms with Crippen LogP contribution < -0.4 is 15.1 Å². The molecule has 0 aliphatic carbocycles. The summed E-state index contributed by atoms with van der Waals surface area (Å²) in [7, 11) is 6.15. The Kier molecular flexibility index (Phi) is 4.58. The van der Waals surface area contributed by atoms with Crippen molar-refractivity contribution in [2.24, 2.45) is 7.05 Å². The van der Waals surface area contributed by atoms with Crippen LogP contribution in [0.3, 0.4) is 0 Å². The molecule has 6 heteroatoms. The Labute approximate surface area is 165 Å². The van der Waals surface area contributed by atoms with Gasteiger partial charge in [-0.2, -0.15) is 0 Å². The number of pyridine rings is 1. The summed E-state index contributed by atoms with van der Waals surface area (Å²) < 4.78 is 2.15. The van der Waals surface area contributed by atoms with Gasteiger partial charge in [0, 0.05) is 50.6 Å². The minimum Gasteiger partial charge on any atom is -0.378 e. The van der Waals surface area contributed by atoms with Gasteiger partial charge in [-0.1, -0.05) is 6.07 Å². The number of nitrogens with one attached hydrogen (secondary N) is 1. The molecule has 1 aromatic carbocycles. The number of anilines is 2. The van der Waals surface area contributed by atoms with E-state index < -0.39 is 0 Å². The van der Waals surface area contributed by atoms with Crippen molar-refractivity contribution in [2.75, 3.05) is 23.9 Å². The van der Waals surface area contributed by atoms with Crippen LogP contribution in [-0.4, -0.2) is 28.8 Å². The van der Waals surface area contributed by atoms with E-state index in [4.69, 9.17) is 12.2 Å². The van der Waals surface area contributed by atoms with Crippen LogP contribution in [0.2, 0.25) is 0 Å². The Morgan fingerprint density at radius 3 is 2.41 bits per heavy atom. The first kappa shape index (κ1) is 17.5. The lowest BCUT2D eigenvalue weighted by Crippen LogP contribution is -2.30. The summed E-state index contributed by atoms with van der Waals surface area (Å²) in [4.78, 5) is 8.88. The Hall–Kier alpha value is -2.86. The van der Waals surface area contributed by atoms with Gasteiger partial charge in [0.2, 0.25) is 0 Å². The van der Waals surface area contributed by atoms with Gasteiger partial charge in [0.1, 0.15) is 6.04 Å². The molecule has 4 rings (SSSR count). The number of hydrogen-bond acceptors (Lipinski definition) is 3. The Balaban J connectivity index is 1.79. The first-order chi connectivity index (χ1) is 13.1. The lowest BCUT2D eigenvalue weighted by Gasteiger charge is -2.28. The van der Waals surface area contributed by atoms with Crippen LogP contribution in [0.5, 0.6) is 0 Å². The third kappa shape index (κ3) is 3.17. The molecule has 27 heavy (non-hydrogen) atoms. The number of benzene rings is 1. The van der Waals surface area contributed by atoms with Gasteiger partial charge in [-0.05, 0) is 60.7 Å². The Morgan fingerprint density at radius 1 is 1.04 bits per heavy atom. The number of aromatic nitrogens is 2. The largest absolute Gasteiger partial charge is 0.378 e. The van der Waals surface area contributed by atoms with Gasteiger partial charge in [-0.3, -0.25) is 4.98 Å². The molecule has 1 fully saturated rings. The van der Waals surface area contributed by atoms with Crippen LogP contribution in [0.25, 0.3) is 0 Å². The molecule has 1 saturated heterocycles. The molecule has 1 aliphatic rings. The van der Waals surface area contributed by atoms with Crippen molar-refractivity contribution < 1.29 is 0 Å². The highest BCUT2D eigenvalue weighted by atomic mass is 32.1. The van der Waals surface area contributed by atoms with Crippen LogP contribution in [0, 0.1) is 0 Å². The zero-order chi connectivity index (χ0) is 19.0. The summed E-state index contributed by atoms with van der Waals surface area (Å²) in [6.45, 7) is 0. The highest BCUT2D eigenvalue weighted by Crippen LogP contribution is 2.41. The second kappa shape index (κ2) is 7.04. The molecule has 0 amide bonds. The number of aryl methyl sites for hydroxylation is 1. The third-order valence-corrected chi connectivity index (χ3v) is 5.34. The van der Waals surface area contributed by atoms with Crippen molar-refractivity contribution in [1.29, 1.82) is 0 Å². The molecule has 0 bridgehead atoms. The molecule has 0 unspecified atom stereocenters. The molecule has 1 N–H and O–H groups in total. The smallest absolute Gasteiger partial charge is 0.174 e. The molecule has 0 saturated carbocycles. The average molecular weight is 378 g/mol. The van der Waals surface area contributed by atoms with Gasteiger partial charge < -0.3 is 19.7 Å². The fourth-order valence-corrected chi connectivity index (χ4v) is 3.97. The molecule has 2 atom stereocenters. The van der Waals surface area contributed by atoms with E-state index in [-0.39, 0.29) is 12.1 Å². The molecule has 2 aromatic heterocycles. The lowest BCUT2D eigenvalue weighted by molar-refractivity contribution is 0.541. The number of hydrogen-bond donors (Lipinski definition) is 1. The highest BCUT2D eigenvalue weighted by Gasteiger charge is 2.41. The van der Waals surface area contributed by atoms with E-state index in [0.717, 1.165) is 22.2 Å². The van der Waals surface area contributed by atoms with Crippen molar-refractivity contribution in [1.82, 2.24) is 14.9 Å². The van der Waals surface area contributed by atoms with Gasteiger partial charge in [0.05, 0.1) is 11.7 Å². The van der Waals surface area contributed by atoms with Crippen molar-refractivity contribution >= 4 is 28.7 Å². The molecule has 5 nitrogen and oxygen atoms in total. The fraction of sp³-hybridized carbons (Fsp3) is 0.238. The normalized spacial score (nSPS) is 19.2. The topological polar surface area (TPSA) is 36.3 Å². The minimum absolute atomic E-state index is 0.0131. The highest BCUT2D eigenvalue weighted by molar-refractivity contribution is 7.80. The van der Waals surface area contributed by atoms with Crippen molar-refractivity contribution in [2.45, 2.75) is 12.1 Å². The molecule has 0 radical (unpaired) electrons. The third-order valence-electron chi connectivity index (χ3n) is 5.03. The van der Waals surface area contributed by atoms with Gasteiger partial charge >= 0.3 is 0 Å². The van der Waals surface area contributed by atoms with E-state index >= 15 is 0 Å². The number of nitrogens with zero attached hydrogens (tertiary/aromatic N) is 4. The average Bonchev–Trinajstić information content (AvgIpc) is 3.25. The maximum atomic E-state index is 5.75. The van der Waals surface area contributed by atoms with Crippen LogP contribution in [-0.2, 0) is 7.05 Å². The molecule has 3 aromatic rings. The second-order valence-corrected chi connectivity index (χ2v) is 7.34. The molecule has 0 spiro atoms. The standard InChI is InChI=1S/C21H23N5S/c1-24(2)15-9-11-16(12-10-15)26-20(18-8-6-14-25(18)3)19(23-21(26)27)17-7-4-5-13-22-17/h4-14,19-20H,1-3H3,(H,23,27)/t19-,20+/m1/s1. The molecule has 1 aliphatic heterocycles. The summed E-state index contributed by atoms with van der Waals surface area (Å²) in [5.74, 6) is 0. The first-order valence-electron chi connectivity index (χ1n) is 8.95. The molecule has 138 valence electrons. The summed E-state index contributed by atoms with van der Waals surface area (Å²) in [6.07, 6.45) is 3.90. The van der Waals surface area contributed by atoms with Crippen LogP contribution >= 0.6 is 12.2 Å². The monoisotopic (exact) mass is 377 g/mol.